The fourth-order valence-electron chi connectivity index (χ4n) is 8.55. The standard InChI is InChI=1S/C68H117NO8/c1-6-8-10-12-14-16-18-20-22-24-25-26-27-28-29-30-31-32-33-34-35-36-37-38-39-40-41-43-45-47-49-51-53-55-57-59-66(71)77-64(63-76-68(67(72)73)74-61-60-69(3,4)5)62-75-65(70)58-56-54-52-50-48-46-44-42-23-21-19-17-15-13-11-9-7-2/h8,10,14,16,20,22,25-26,28-29,31-32,34-35,37-38,64,68H,6-7,9,11-13,15,17-19,21,23-24,27,30,33,36,39-63H2,1-5H3/b10-8-,16-14-,22-20-,26-25-,29-28-,32-31-,35-34-,38-37-. The van der Waals surface area contributed by atoms with Gasteiger partial charge in [0.2, 0.25) is 0 Å². The molecule has 0 aromatic carbocycles. The van der Waals surface area contributed by atoms with Crippen molar-refractivity contribution in [3.05, 3.63) is 97.2 Å². The molecule has 0 radical (unpaired) electrons. The monoisotopic (exact) mass is 1080 g/mol. The van der Waals surface area contributed by atoms with Crippen molar-refractivity contribution in [1.29, 1.82) is 0 Å². The zero-order valence-electron chi connectivity index (χ0n) is 50.3. The van der Waals surface area contributed by atoms with Gasteiger partial charge in [-0.1, -0.05) is 265 Å². The number of ether oxygens (including phenoxy) is 4. The molecule has 0 amide bonds. The van der Waals surface area contributed by atoms with E-state index in [4.69, 9.17) is 18.9 Å². The van der Waals surface area contributed by atoms with Gasteiger partial charge in [-0.05, 0) is 77.0 Å². The van der Waals surface area contributed by atoms with Crippen LogP contribution in [0.4, 0.5) is 0 Å². The summed E-state index contributed by atoms with van der Waals surface area (Å²) in [5, 5.41) is 11.8. The highest BCUT2D eigenvalue weighted by molar-refractivity contribution is 5.70. The zero-order chi connectivity index (χ0) is 56.2. The minimum Gasteiger partial charge on any atom is -0.545 e. The smallest absolute Gasteiger partial charge is 0.306 e. The third-order valence-electron chi connectivity index (χ3n) is 13.3. The van der Waals surface area contributed by atoms with E-state index in [0.717, 1.165) is 96.3 Å². The number of hydrogen-bond donors (Lipinski definition) is 0. The van der Waals surface area contributed by atoms with E-state index in [0.29, 0.717) is 23.9 Å². The maximum absolute atomic E-state index is 12.9. The maximum atomic E-state index is 12.9. The molecule has 0 aliphatic carbocycles. The molecule has 0 saturated carbocycles. The second kappa shape index (κ2) is 58.4. The first-order valence-electron chi connectivity index (χ1n) is 31.4. The van der Waals surface area contributed by atoms with Crippen molar-refractivity contribution in [1.82, 2.24) is 0 Å². The number of carboxylic acids is 1. The molecular weight excluding hydrogens is 959 g/mol. The van der Waals surface area contributed by atoms with Crippen LogP contribution >= 0.6 is 0 Å². The summed E-state index contributed by atoms with van der Waals surface area (Å²) in [6, 6.07) is 0. The summed E-state index contributed by atoms with van der Waals surface area (Å²) >= 11 is 0. The Labute approximate surface area is 473 Å². The van der Waals surface area contributed by atoms with Gasteiger partial charge in [0.15, 0.2) is 12.4 Å². The van der Waals surface area contributed by atoms with E-state index in [1.165, 1.54) is 128 Å². The SMILES string of the molecule is CC/C=C\C/C=C\C/C=C\C/C=C\C/C=C\C/C=C\C/C=C\C/C=C\CCCCCCCCCCCCC(=O)OC(COC(=O)CCCCCCCCCCCCCCCCCCC)COC(OCC[N+](C)(C)C)C(=O)[O-]. The number of rotatable bonds is 57. The minimum atomic E-state index is -1.63. The number of nitrogens with zero attached hydrogens (tertiary/aromatic N) is 1. The number of carboxylic acid groups (broad SMARTS) is 1. The quantitative estimate of drug-likeness (QED) is 0.0195. The maximum Gasteiger partial charge on any atom is 0.306 e. The van der Waals surface area contributed by atoms with Crippen LogP contribution in [0.3, 0.4) is 0 Å². The Balaban J connectivity index is 4.18. The van der Waals surface area contributed by atoms with Crippen LogP contribution in [-0.4, -0.2) is 82.3 Å². The number of unbranched alkanes of at least 4 members (excludes halogenated alkanes) is 26. The number of hydrogen-bond acceptors (Lipinski definition) is 8. The highest BCUT2D eigenvalue weighted by Gasteiger charge is 2.22. The van der Waals surface area contributed by atoms with E-state index < -0.39 is 24.3 Å². The lowest BCUT2D eigenvalue weighted by Crippen LogP contribution is -2.44. The first-order chi connectivity index (χ1) is 37.6. The van der Waals surface area contributed by atoms with Crippen molar-refractivity contribution in [2.75, 3.05) is 47.5 Å². The Bertz CT molecular complexity index is 1580. The van der Waals surface area contributed by atoms with E-state index >= 15 is 0 Å². The Morgan fingerprint density at radius 2 is 0.740 bits per heavy atom. The molecule has 0 bridgehead atoms. The first kappa shape index (κ1) is 73.2. The van der Waals surface area contributed by atoms with Gasteiger partial charge in [-0.25, -0.2) is 0 Å². The second-order valence-corrected chi connectivity index (χ2v) is 22.0. The predicted octanol–water partition coefficient (Wildman–Crippen LogP) is 17.6. The average molecular weight is 1080 g/mol. The van der Waals surface area contributed by atoms with Crippen LogP contribution in [0, 0.1) is 0 Å². The topological polar surface area (TPSA) is 111 Å². The van der Waals surface area contributed by atoms with Crippen molar-refractivity contribution >= 4 is 17.9 Å². The lowest BCUT2D eigenvalue weighted by Gasteiger charge is -2.26. The van der Waals surface area contributed by atoms with Gasteiger partial charge in [0.25, 0.3) is 0 Å². The summed E-state index contributed by atoms with van der Waals surface area (Å²) in [6.07, 6.45) is 76.0. The summed E-state index contributed by atoms with van der Waals surface area (Å²) in [5.74, 6) is -2.28. The molecule has 442 valence electrons. The van der Waals surface area contributed by atoms with E-state index in [1.807, 2.05) is 21.1 Å². The van der Waals surface area contributed by atoms with Crippen LogP contribution in [0.5, 0.6) is 0 Å². The van der Waals surface area contributed by atoms with E-state index in [2.05, 4.69) is 111 Å². The van der Waals surface area contributed by atoms with Crippen molar-refractivity contribution in [3.8, 4) is 0 Å². The first-order valence-corrected chi connectivity index (χ1v) is 31.4. The molecule has 9 heteroatoms. The van der Waals surface area contributed by atoms with Gasteiger partial charge in [-0.15, -0.1) is 0 Å². The molecule has 9 nitrogen and oxygen atoms in total. The van der Waals surface area contributed by atoms with Crippen LogP contribution in [0.1, 0.15) is 258 Å². The lowest BCUT2D eigenvalue weighted by atomic mass is 10.0. The van der Waals surface area contributed by atoms with Crippen LogP contribution in [0.15, 0.2) is 97.2 Å². The molecule has 0 rings (SSSR count). The minimum absolute atomic E-state index is 0.144. The van der Waals surface area contributed by atoms with Gasteiger partial charge in [0.05, 0.1) is 40.3 Å². The fraction of sp³-hybridized carbons (Fsp3) is 0.721. The molecule has 2 atom stereocenters. The molecule has 0 aliphatic heterocycles. The van der Waals surface area contributed by atoms with E-state index in [9.17, 15) is 19.5 Å². The molecule has 0 fully saturated rings. The third-order valence-corrected chi connectivity index (χ3v) is 13.3. The number of carbonyl (C=O) groups is 3. The van der Waals surface area contributed by atoms with Crippen LogP contribution in [-0.2, 0) is 33.3 Å². The number of carbonyl (C=O) groups excluding carboxylic acids is 3. The summed E-state index contributed by atoms with van der Waals surface area (Å²) in [6.45, 7) is 4.65. The molecule has 2 unspecified atom stereocenters. The van der Waals surface area contributed by atoms with Crippen molar-refractivity contribution in [3.63, 3.8) is 0 Å². The molecular formula is C68H117NO8. The van der Waals surface area contributed by atoms with Crippen molar-refractivity contribution < 1.29 is 42.9 Å². The second-order valence-electron chi connectivity index (χ2n) is 22.0. The van der Waals surface area contributed by atoms with Crippen LogP contribution < -0.4 is 5.11 Å². The normalized spacial score (nSPS) is 13.4. The highest BCUT2D eigenvalue weighted by atomic mass is 16.7. The van der Waals surface area contributed by atoms with Crippen LogP contribution in [0.25, 0.3) is 0 Å². The molecule has 0 aromatic heterocycles. The third kappa shape index (κ3) is 59.7. The van der Waals surface area contributed by atoms with Crippen molar-refractivity contribution in [2.24, 2.45) is 0 Å². The molecule has 0 aromatic rings. The van der Waals surface area contributed by atoms with Crippen LogP contribution in [0.2, 0.25) is 0 Å². The Morgan fingerprint density at radius 1 is 0.403 bits per heavy atom. The molecule has 0 spiro atoms. The summed E-state index contributed by atoms with van der Waals surface area (Å²) in [5.41, 5.74) is 0. The molecule has 0 N–H and O–H groups in total. The Morgan fingerprint density at radius 3 is 1.10 bits per heavy atom. The van der Waals surface area contributed by atoms with Gasteiger partial charge in [-0.3, -0.25) is 9.59 Å². The van der Waals surface area contributed by atoms with Gasteiger partial charge < -0.3 is 33.3 Å². The molecule has 0 saturated heterocycles. The fourth-order valence-corrected chi connectivity index (χ4v) is 8.55. The summed E-state index contributed by atoms with van der Waals surface area (Å²) in [7, 11) is 5.92. The summed E-state index contributed by atoms with van der Waals surface area (Å²) in [4.78, 5) is 37.3. The largest absolute Gasteiger partial charge is 0.545 e. The highest BCUT2D eigenvalue weighted by Crippen LogP contribution is 2.16. The van der Waals surface area contributed by atoms with E-state index in [-0.39, 0.29) is 32.2 Å². The van der Waals surface area contributed by atoms with Gasteiger partial charge >= 0.3 is 11.9 Å². The van der Waals surface area contributed by atoms with E-state index in [1.54, 1.807) is 0 Å². The predicted molar refractivity (Wildman–Crippen MR) is 324 cm³/mol. The molecule has 0 aliphatic rings. The number of allylic oxidation sites excluding steroid dienone is 16. The number of aliphatic carboxylic acids is 1. The average Bonchev–Trinajstić information content (AvgIpc) is 3.40. The van der Waals surface area contributed by atoms with Gasteiger partial charge in [0.1, 0.15) is 13.2 Å². The Kier molecular flexibility index (Phi) is 55.5. The lowest BCUT2D eigenvalue weighted by molar-refractivity contribution is -0.870. The number of esters is 2. The summed E-state index contributed by atoms with van der Waals surface area (Å²) < 4.78 is 22.7. The van der Waals surface area contributed by atoms with Gasteiger partial charge in [0, 0.05) is 12.8 Å². The Hall–Kier alpha value is -3.79. The number of quaternary nitrogens is 1. The molecule has 0 heterocycles. The van der Waals surface area contributed by atoms with Gasteiger partial charge in [-0.2, -0.15) is 0 Å². The van der Waals surface area contributed by atoms with Crippen molar-refractivity contribution in [2.45, 2.75) is 270 Å². The number of likely N-dealkylation sites (N-methyl/N-ethyl adjacent to an activating group) is 1. The molecule has 77 heavy (non-hydrogen) atoms. The zero-order valence-corrected chi connectivity index (χ0v) is 50.3.